The van der Waals surface area contributed by atoms with Crippen molar-refractivity contribution >= 4 is 11.8 Å². The molecule has 0 spiro atoms. The van der Waals surface area contributed by atoms with E-state index in [2.05, 4.69) is 5.43 Å². The van der Waals surface area contributed by atoms with Crippen LogP contribution < -0.4 is 14.9 Å². The van der Waals surface area contributed by atoms with Crippen LogP contribution in [0.4, 0.5) is 0 Å². The Balaban J connectivity index is 2.41. The van der Waals surface area contributed by atoms with Gasteiger partial charge in [0.25, 0.3) is 11.8 Å². The summed E-state index contributed by atoms with van der Waals surface area (Å²) in [5.41, 5.74) is 4.48. The minimum Gasteiger partial charge on any atom is -0.496 e. The number of carbonyl (C=O) groups excluding carboxylic acids is 2. The molecule has 0 saturated heterocycles. The third-order valence-corrected chi connectivity index (χ3v) is 4.57. The third-order valence-electron chi connectivity index (χ3n) is 4.57. The Morgan fingerprint density at radius 3 is 1.79 bits per heavy atom. The maximum atomic E-state index is 13.3. The SMILES string of the molecule is COc1cccc(C(=O)NN(C(=O)c2cccc(OC)c2C)C(C)(C)C)c1C. The highest BCUT2D eigenvalue weighted by atomic mass is 16.5. The molecule has 2 aromatic carbocycles. The highest BCUT2D eigenvalue weighted by Gasteiger charge is 2.31. The monoisotopic (exact) mass is 384 g/mol. The fraction of sp³-hybridized carbons (Fsp3) is 0.364. The predicted octanol–water partition coefficient (Wildman–Crippen LogP) is 3.91. The second-order valence-corrected chi connectivity index (χ2v) is 7.52. The maximum absolute atomic E-state index is 13.3. The molecular weight excluding hydrogens is 356 g/mol. The zero-order valence-electron chi connectivity index (χ0n) is 17.5. The Kier molecular flexibility index (Phi) is 6.33. The van der Waals surface area contributed by atoms with Gasteiger partial charge in [-0.15, -0.1) is 0 Å². The number of benzene rings is 2. The molecule has 0 aliphatic carbocycles. The summed E-state index contributed by atoms with van der Waals surface area (Å²) in [6, 6.07) is 10.5. The number of hydrogen-bond acceptors (Lipinski definition) is 4. The minimum absolute atomic E-state index is 0.308. The summed E-state index contributed by atoms with van der Waals surface area (Å²) >= 11 is 0. The van der Waals surface area contributed by atoms with E-state index in [9.17, 15) is 9.59 Å². The summed E-state index contributed by atoms with van der Waals surface area (Å²) < 4.78 is 10.6. The first-order chi connectivity index (χ1) is 13.1. The summed E-state index contributed by atoms with van der Waals surface area (Å²) in [5, 5.41) is 1.36. The van der Waals surface area contributed by atoms with Gasteiger partial charge in [0, 0.05) is 22.3 Å². The lowest BCUT2D eigenvalue weighted by molar-refractivity contribution is 0.0357. The van der Waals surface area contributed by atoms with Gasteiger partial charge in [0.2, 0.25) is 0 Å². The molecule has 0 bridgehead atoms. The minimum atomic E-state index is -0.644. The van der Waals surface area contributed by atoms with Crippen LogP contribution in [-0.2, 0) is 0 Å². The molecule has 0 saturated carbocycles. The smallest absolute Gasteiger partial charge is 0.273 e. The van der Waals surface area contributed by atoms with E-state index in [0.29, 0.717) is 28.2 Å². The van der Waals surface area contributed by atoms with Crippen molar-refractivity contribution in [3.63, 3.8) is 0 Å². The van der Waals surface area contributed by atoms with Crippen LogP contribution in [0.3, 0.4) is 0 Å². The molecule has 0 aliphatic rings. The second-order valence-electron chi connectivity index (χ2n) is 7.52. The highest BCUT2D eigenvalue weighted by molar-refractivity contribution is 6.01. The van der Waals surface area contributed by atoms with E-state index in [4.69, 9.17) is 9.47 Å². The lowest BCUT2D eigenvalue weighted by Crippen LogP contribution is -2.56. The molecule has 0 aliphatic heterocycles. The van der Waals surface area contributed by atoms with Gasteiger partial charge in [0.1, 0.15) is 11.5 Å². The molecule has 0 atom stereocenters. The summed E-state index contributed by atoms with van der Waals surface area (Å²) in [6.45, 7) is 9.21. The van der Waals surface area contributed by atoms with E-state index >= 15 is 0 Å². The van der Waals surface area contributed by atoms with Crippen molar-refractivity contribution in [1.29, 1.82) is 0 Å². The Hall–Kier alpha value is -3.02. The van der Waals surface area contributed by atoms with Crippen molar-refractivity contribution in [2.24, 2.45) is 0 Å². The molecule has 2 amide bonds. The first kappa shape index (κ1) is 21.3. The molecule has 0 fully saturated rings. The van der Waals surface area contributed by atoms with Crippen molar-refractivity contribution in [3.8, 4) is 11.5 Å². The largest absolute Gasteiger partial charge is 0.496 e. The van der Waals surface area contributed by atoms with E-state index in [1.165, 1.54) is 5.01 Å². The van der Waals surface area contributed by atoms with Gasteiger partial charge in [-0.05, 0) is 58.9 Å². The number of rotatable bonds is 4. The zero-order chi connectivity index (χ0) is 21.1. The number of carbonyl (C=O) groups is 2. The molecule has 0 radical (unpaired) electrons. The fourth-order valence-electron chi connectivity index (χ4n) is 2.95. The molecule has 2 rings (SSSR count). The molecule has 6 nitrogen and oxygen atoms in total. The van der Waals surface area contributed by atoms with Gasteiger partial charge in [-0.25, -0.2) is 5.01 Å². The molecule has 0 aromatic heterocycles. The predicted molar refractivity (Wildman–Crippen MR) is 109 cm³/mol. The van der Waals surface area contributed by atoms with Crippen LogP contribution in [0.1, 0.15) is 52.6 Å². The van der Waals surface area contributed by atoms with Crippen molar-refractivity contribution in [2.45, 2.75) is 40.2 Å². The standard InChI is InChI=1S/C22H28N2O4/c1-14-16(10-8-12-18(14)27-6)20(25)23-24(22(3,4)5)21(26)17-11-9-13-19(28-7)15(17)2/h8-13H,1-7H3,(H,23,25). The van der Waals surface area contributed by atoms with Crippen molar-refractivity contribution < 1.29 is 19.1 Å². The number of methoxy groups -OCH3 is 2. The average molecular weight is 384 g/mol. The first-order valence-electron chi connectivity index (χ1n) is 9.04. The molecule has 6 heteroatoms. The van der Waals surface area contributed by atoms with Gasteiger partial charge in [-0.1, -0.05) is 12.1 Å². The zero-order valence-corrected chi connectivity index (χ0v) is 17.5. The van der Waals surface area contributed by atoms with Gasteiger partial charge >= 0.3 is 0 Å². The van der Waals surface area contributed by atoms with Gasteiger partial charge < -0.3 is 9.47 Å². The van der Waals surface area contributed by atoms with Crippen LogP contribution >= 0.6 is 0 Å². The molecule has 0 unspecified atom stereocenters. The topological polar surface area (TPSA) is 67.9 Å². The third kappa shape index (κ3) is 4.27. The van der Waals surface area contributed by atoms with E-state index in [1.807, 2.05) is 34.6 Å². The van der Waals surface area contributed by atoms with E-state index in [0.717, 1.165) is 5.56 Å². The molecule has 0 heterocycles. The van der Waals surface area contributed by atoms with Gasteiger partial charge in [0.15, 0.2) is 0 Å². The van der Waals surface area contributed by atoms with Gasteiger partial charge in [-0.3, -0.25) is 15.0 Å². The normalized spacial score (nSPS) is 11.0. The Morgan fingerprint density at radius 2 is 1.32 bits per heavy atom. The number of amides is 2. The van der Waals surface area contributed by atoms with Crippen LogP contribution in [0.15, 0.2) is 36.4 Å². The summed E-state index contributed by atoms with van der Waals surface area (Å²) in [6.07, 6.45) is 0. The summed E-state index contributed by atoms with van der Waals surface area (Å²) in [7, 11) is 3.12. The lowest BCUT2D eigenvalue weighted by atomic mass is 10.0. The van der Waals surface area contributed by atoms with Crippen LogP contribution in [-0.4, -0.2) is 36.6 Å². The lowest BCUT2D eigenvalue weighted by Gasteiger charge is -2.36. The Labute approximate surface area is 166 Å². The number of hydrogen-bond donors (Lipinski definition) is 1. The number of nitrogens with zero attached hydrogens (tertiary/aromatic N) is 1. The van der Waals surface area contributed by atoms with Crippen molar-refractivity contribution in [3.05, 3.63) is 58.7 Å². The Bertz CT molecular complexity index is 885. The average Bonchev–Trinajstić information content (AvgIpc) is 2.64. The number of ether oxygens (including phenoxy) is 2. The molecule has 150 valence electrons. The van der Waals surface area contributed by atoms with E-state index in [-0.39, 0.29) is 11.8 Å². The van der Waals surface area contributed by atoms with Crippen molar-refractivity contribution in [2.75, 3.05) is 14.2 Å². The van der Waals surface area contributed by atoms with E-state index < -0.39 is 5.54 Å². The summed E-state index contributed by atoms with van der Waals surface area (Å²) in [5.74, 6) is 0.553. The molecule has 28 heavy (non-hydrogen) atoms. The summed E-state index contributed by atoms with van der Waals surface area (Å²) in [4.78, 5) is 26.2. The van der Waals surface area contributed by atoms with Crippen molar-refractivity contribution in [1.82, 2.24) is 10.4 Å². The number of nitrogens with one attached hydrogen (secondary N) is 1. The number of hydrazine groups is 1. The fourth-order valence-corrected chi connectivity index (χ4v) is 2.95. The maximum Gasteiger partial charge on any atom is 0.273 e. The van der Waals surface area contributed by atoms with Gasteiger partial charge in [0.05, 0.1) is 19.8 Å². The molecular formula is C22H28N2O4. The Morgan fingerprint density at radius 1 is 0.857 bits per heavy atom. The van der Waals surface area contributed by atoms with Crippen LogP contribution in [0.5, 0.6) is 11.5 Å². The second kappa shape index (κ2) is 8.33. The highest BCUT2D eigenvalue weighted by Crippen LogP contribution is 2.25. The quantitative estimate of drug-likeness (QED) is 0.812. The molecule has 1 N–H and O–H groups in total. The van der Waals surface area contributed by atoms with Crippen LogP contribution in [0.2, 0.25) is 0 Å². The van der Waals surface area contributed by atoms with Crippen LogP contribution in [0, 0.1) is 13.8 Å². The first-order valence-corrected chi connectivity index (χ1v) is 9.04. The van der Waals surface area contributed by atoms with E-state index in [1.54, 1.807) is 50.6 Å². The molecule has 2 aromatic rings. The van der Waals surface area contributed by atoms with Crippen LogP contribution in [0.25, 0.3) is 0 Å². The van der Waals surface area contributed by atoms with Gasteiger partial charge in [-0.2, -0.15) is 0 Å².